The van der Waals surface area contributed by atoms with Crippen molar-refractivity contribution in [2.75, 3.05) is 6.54 Å². The molecule has 1 saturated heterocycles. The molecule has 0 bridgehead atoms. The molecule has 2 aromatic heterocycles. The van der Waals surface area contributed by atoms with Crippen molar-refractivity contribution in [1.82, 2.24) is 14.9 Å². The molecule has 1 aromatic carbocycles. The SMILES string of the molecule is Fc1ccc(-c2ccc(C3CCCCN3Cc3cccnc3)cn2)cc1. The number of aromatic nitrogens is 2. The number of rotatable bonds is 4. The lowest BCUT2D eigenvalue weighted by atomic mass is 9.95. The molecule has 1 fully saturated rings. The third kappa shape index (κ3) is 3.81. The quantitative estimate of drug-likeness (QED) is 0.664. The summed E-state index contributed by atoms with van der Waals surface area (Å²) in [5.41, 5.74) is 4.31. The lowest BCUT2D eigenvalue weighted by Crippen LogP contribution is -2.33. The van der Waals surface area contributed by atoms with Crippen LogP contribution in [0.1, 0.15) is 36.4 Å². The van der Waals surface area contributed by atoms with Gasteiger partial charge in [-0.15, -0.1) is 0 Å². The molecular weight excluding hydrogens is 325 g/mol. The molecule has 1 unspecified atom stereocenters. The first kappa shape index (κ1) is 16.9. The fourth-order valence-corrected chi connectivity index (χ4v) is 3.68. The maximum atomic E-state index is 13.1. The van der Waals surface area contributed by atoms with Crippen LogP contribution in [-0.2, 0) is 6.54 Å². The second-order valence-corrected chi connectivity index (χ2v) is 6.83. The summed E-state index contributed by atoms with van der Waals surface area (Å²) in [5.74, 6) is -0.224. The fourth-order valence-electron chi connectivity index (χ4n) is 3.68. The minimum absolute atomic E-state index is 0.224. The van der Waals surface area contributed by atoms with Crippen LogP contribution in [0, 0.1) is 5.82 Å². The molecule has 0 aliphatic carbocycles. The van der Waals surface area contributed by atoms with Gasteiger partial charge in [-0.1, -0.05) is 18.6 Å². The first-order valence-corrected chi connectivity index (χ1v) is 9.14. The van der Waals surface area contributed by atoms with Crippen LogP contribution < -0.4 is 0 Å². The highest BCUT2D eigenvalue weighted by Crippen LogP contribution is 2.32. The zero-order valence-corrected chi connectivity index (χ0v) is 14.7. The van der Waals surface area contributed by atoms with Gasteiger partial charge in [-0.2, -0.15) is 0 Å². The van der Waals surface area contributed by atoms with Crippen LogP contribution in [0.4, 0.5) is 4.39 Å². The largest absolute Gasteiger partial charge is 0.292 e. The number of hydrogen-bond donors (Lipinski definition) is 0. The van der Waals surface area contributed by atoms with Crippen LogP contribution >= 0.6 is 0 Å². The van der Waals surface area contributed by atoms with Crippen molar-refractivity contribution >= 4 is 0 Å². The summed E-state index contributed by atoms with van der Waals surface area (Å²) < 4.78 is 13.1. The molecular formula is C22H22FN3. The Labute approximate surface area is 153 Å². The van der Waals surface area contributed by atoms with Crippen LogP contribution in [0.3, 0.4) is 0 Å². The average Bonchev–Trinajstić information content (AvgIpc) is 2.70. The topological polar surface area (TPSA) is 29.0 Å². The molecule has 0 radical (unpaired) electrons. The van der Waals surface area contributed by atoms with E-state index in [0.717, 1.165) is 30.8 Å². The highest BCUT2D eigenvalue weighted by Gasteiger charge is 2.24. The first-order valence-electron chi connectivity index (χ1n) is 9.14. The highest BCUT2D eigenvalue weighted by atomic mass is 19.1. The molecule has 26 heavy (non-hydrogen) atoms. The molecule has 1 aliphatic heterocycles. The lowest BCUT2D eigenvalue weighted by molar-refractivity contribution is 0.140. The number of hydrogen-bond acceptors (Lipinski definition) is 3. The predicted octanol–water partition coefficient (Wildman–Crippen LogP) is 5.01. The summed E-state index contributed by atoms with van der Waals surface area (Å²) in [7, 11) is 0. The zero-order valence-electron chi connectivity index (χ0n) is 14.7. The van der Waals surface area contributed by atoms with E-state index in [0.29, 0.717) is 6.04 Å². The minimum Gasteiger partial charge on any atom is -0.292 e. The van der Waals surface area contributed by atoms with Gasteiger partial charge in [0.2, 0.25) is 0 Å². The Morgan fingerprint density at radius 1 is 1.00 bits per heavy atom. The Kier molecular flexibility index (Phi) is 5.02. The van der Waals surface area contributed by atoms with Gasteiger partial charge in [0.15, 0.2) is 0 Å². The summed E-state index contributed by atoms with van der Waals surface area (Å²) in [6.45, 7) is 2.01. The summed E-state index contributed by atoms with van der Waals surface area (Å²) in [4.78, 5) is 11.4. The zero-order chi connectivity index (χ0) is 17.8. The molecule has 3 aromatic rings. The Bertz CT molecular complexity index is 832. The molecule has 0 saturated carbocycles. The van der Waals surface area contributed by atoms with Crippen molar-refractivity contribution in [3.05, 3.63) is 84.1 Å². The molecule has 1 atom stereocenters. The lowest BCUT2D eigenvalue weighted by Gasteiger charge is -2.36. The van der Waals surface area contributed by atoms with Gasteiger partial charge in [-0.05, 0) is 66.9 Å². The second-order valence-electron chi connectivity index (χ2n) is 6.83. The Morgan fingerprint density at radius 3 is 2.62 bits per heavy atom. The number of benzene rings is 1. The van der Waals surface area contributed by atoms with Crippen molar-refractivity contribution in [3.63, 3.8) is 0 Å². The Morgan fingerprint density at radius 2 is 1.88 bits per heavy atom. The fraction of sp³-hybridized carbons (Fsp3) is 0.273. The van der Waals surface area contributed by atoms with E-state index >= 15 is 0 Å². The monoisotopic (exact) mass is 347 g/mol. The van der Waals surface area contributed by atoms with Crippen LogP contribution in [0.2, 0.25) is 0 Å². The molecule has 4 heteroatoms. The predicted molar refractivity (Wildman–Crippen MR) is 101 cm³/mol. The van der Waals surface area contributed by atoms with E-state index in [1.54, 1.807) is 12.1 Å². The van der Waals surface area contributed by atoms with E-state index in [2.05, 4.69) is 27.0 Å². The van der Waals surface area contributed by atoms with Crippen molar-refractivity contribution in [1.29, 1.82) is 0 Å². The molecule has 0 spiro atoms. The van der Waals surface area contributed by atoms with Crippen LogP contribution in [0.25, 0.3) is 11.3 Å². The molecule has 132 valence electrons. The van der Waals surface area contributed by atoms with E-state index in [1.165, 1.54) is 36.1 Å². The molecule has 3 nitrogen and oxygen atoms in total. The van der Waals surface area contributed by atoms with Gasteiger partial charge in [0.05, 0.1) is 5.69 Å². The summed E-state index contributed by atoms with van der Waals surface area (Å²) in [5, 5.41) is 0. The van der Waals surface area contributed by atoms with E-state index < -0.39 is 0 Å². The number of piperidine rings is 1. The van der Waals surface area contributed by atoms with Crippen LogP contribution in [0.5, 0.6) is 0 Å². The van der Waals surface area contributed by atoms with Gasteiger partial charge in [0.1, 0.15) is 5.82 Å². The average molecular weight is 347 g/mol. The maximum absolute atomic E-state index is 13.1. The Hall–Kier alpha value is -2.59. The third-order valence-electron chi connectivity index (χ3n) is 5.03. The molecule has 4 rings (SSSR count). The maximum Gasteiger partial charge on any atom is 0.123 e. The van der Waals surface area contributed by atoms with Gasteiger partial charge in [0, 0.05) is 36.7 Å². The summed E-state index contributed by atoms with van der Waals surface area (Å²) in [6.07, 6.45) is 9.37. The summed E-state index contributed by atoms with van der Waals surface area (Å²) >= 11 is 0. The van der Waals surface area contributed by atoms with Crippen LogP contribution in [-0.4, -0.2) is 21.4 Å². The normalized spacial score (nSPS) is 18.0. The molecule has 0 amide bonds. The number of pyridine rings is 2. The van der Waals surface area contributed by atoms with Gasteiger partial charge in [0.25, 0.3) is 0 Å². The summed E-state index contributed by atoms with van der Waals surface area (Å²) in [6, 6.07) is 15.2. The van der Waals surface area contributed by atoms with Crippen molar-refractivity contribution in [2.45, 2.75) is 31.8 Å². The smallest absolute Gasteiger partial charge is 0.123 e. The van der Waals surface area contributed by atoms with Gasteiger partial charge in [-0.25, -0.2) is 4.39 Å². The standard InChI is InChI=1S/C22H22FN3/c23-20-9-6-18(7-10-20)21-11-8-19(15-25-21)22-5-1-2-13-26(22)16-17-4-3-12-24-14-17/h3-4,6-12,14-15,22H,1-2,5,13,16H2. The molecule has 0 N–H and O–H groups in total. The second kappa shape index (κ2) is 7.75. The third-order valence-corrected chi connectivity index (χ3v) is 5.03. The van der Waals surface area contributed by atoms with E-state index in [9.17, 15) is 4.39 Å². The van der Waals surface area contributed by atoms with Crippen LogP contribution in [0.15, 0.2) is 67.1 Å². The minimum atomic E-state index is -0.224. The number of likely N-dealkylation sites (tertiary alicyclic amines) is 1. The van der Waals surface area contributed by atoms with Gasteiger partial charge >= 0.3 is 0 Å². The highest BCUT2D eigenvalue weighted by molar-refractivity contribution is 5.58. The van der Waals surface area contributed by atoms with Gasteiger partial charge in [-0.3, -0.25) is 14.9 Å². The van der Waals surface area contributed by atoms with E-state index in [-0.39, 0.29) is 5.82 Å². The molecule has 1 aliphatic rings. The van der Waals surface area contributed by atoms with E-state index in [1.807, 2.05) is 30.7 Å². The van der Waals surface area contributed by atoms with Crippen molar-refractivity contribution in [2.24, 2.45) is 0 Å². The van der Waals surface area contributed by atoms with Gasteiger partial charge < -0.3 is 0 Å². The number of halogens is 1. The Balaban J connectivity index is 1.53. The first-order chi connectivity index (χ1) is 12.8. The van der Waals surface area contributed by atoms with E-state index in [4.69, 9.17) is 0 Å². The van der Waals surface area contributed by atoms with Crippen molar-refractivity contribution < 1.29 is 4.39 Å². The number of nitrogens with zero attached hydrogens (tertiary/aromatic N) is 3. The molecule has 3 heterocycles. The van der Waals surface area contributed by atoms with Crippen molar-refractivity contribution in [3.8, 4) is 11.3 Å².